The molecule has 0 N–H and O–H groups in total. The highest BCUT2D eigenvalue weighted by molar-refractivity contribution is 5.13. The van der Waals surface area contributed by atoms with Gasteiger partial charge in [-0.3, -0.25) is 0 Å². The maximum Gasteiger partial charge on any atom is 0.104 e. The summed E-state index contributed by atoms with van der Waals surface area (Å²) < 4.78 is 8.05. The molecule has 11 heavy (non-hydrogen) atoms. The molecule has 0 radical (unpaired) electrons. The van der Waals surface area contributed by atoms with E-state index in [0.717, 1.165) is 11.0 Å². The Kier molecular flexibility index (Phi) is 1.91. The minimum atomic E-state index is 0.425. The van der Waals surface area contributed by atoms with Crippen LogP contribution in [0.5, 0.6) is 0 Å². The third-order valence-corrected chi connectivity index (χ3v) is 1.45. The SMILES string of the molecule is [2H]C[N+](C)(C)Cc1ccccc1. The predicted octanol–water partition coefficient (Wildman–Crippen LogP) is 1.89. The zero-order chi connectivity index (χ0) is 9.03. The van der Waals surface area contributed by atoms with Gasteiger partial charge in [0.15, 0.2) is 0 Å². The molecule has 0 aliphatic carbocycles. The van der Waals surface area contributed by atoms with Gasteiger partial charge in [0, 0.05) is 5.56 Å². The lowest BCUT2D eigenvalue weighted by Gasteiger charge is -2.23. The van der Waals surface area contributed by atoms with Crippen LogP contribution in [0.1, 0.15) is 6.93 Å². The van der Waals surface area contributed by atoms with E-state index in [9.17, 15) is 0 Å². The molecule has 0 heterocycles. The van der Waals surface area contributed by atoms with Crippen molar-refractivity contribution >= 4 is 0 Å². The molecule has 1 heteroatoms. The number of quaternary nitrogens is 1. The van der Waals surface area contributed by atoms with Crippen LogP contribution in [-0.4, -0.2) is 25.6 Å². The highest BCUT2D eigenvalue weighted by Crippen LogP contribution is 2.04. The van der Waals surface area contributed by atoms with Crippen LogP contribution in [0.4, 0.5) is 0 Å². The van der Waals surface area contributed by atoms with Crippen molar-refractivity contribution in [2.24, 2.45) is 0 Å². The van der Waals surface area contributed by atoms with E-state index >= 15 is 0 Å². The van der Waals surface area contributed by atoms with E-state index in [4.69, 9.17) is 1.37 Å². The second-order valence-corrected chi connectivity index (χ2v) is 3.58. The van der Waals surface area contributed by atoms with Gasteiger partial charge in [-0.1, -0.05) is 30.3 Å². The Bertz CT molecular complexity index is 231. The molecular weight excluding hydrogens is 134 g/mol. The van der Waals surface area contributed by atoms with E-state index < -0.39 is 0 Å². The Hall–Kier alpha value is -0.820. The maximum absolute atomic E-state index is 7.33. The zero-order valence-electron chi connectivity index (χ0n) is 8.25. The molecule has 1 aromatic carbocycles. The van der Waals surface area contributed by atoms with Crippen molar-refractivity contribution in [3.8, 4) is 0 Å². The van der Waals surface area contributed by atoms with Crippen LogP contribution in [0.2, 0.25) is 0 Å². The van der Waals surface area contributed by atoms with Crippen LogP contribution in [0.3, 0.4) is 0 Å². The molecule has 0 atom stereocenters. The van der Waals surface area contributed by atoms with Crippen molar-refractivity contribution < 1.29 is 5.85 Å². The average Bonchev–Trinajstić information content (AvgIpc) is 2.06. The summed E-state index contributed by atoms with van der Waals surface area (Å²) in [5.74, 6) is 0. The van der Waals surface area contributed by atoms with Gasteiger partial charge in [0.25, 0.3) is 0 Å². The van der Waals surface area contributed by atoms with E-state index in [2.05, 4.69) is 26.2 Å². The van der Waals surface area contributed by atoms with Crippen LogP contribution < -0.4 is 0 Å². The predicted molar refractivity (Wildman–Crippen MR) is 48.2 cm³/mol. The van der Waals surface area contributed by atoms with Crippen molar-refractivity contribution in [1.82, 2.24) is 0 Å². The van der Waals surface area contributed by atoms with Gasteiger partial charge >= 0.3 is 0 Å². The van der Waals surface area contributed by atoms with Crippen molar-refractivity contribution in [2.75, 3.05) is 21.1 Å². The van der Waals surface area contributed by atoms with Crippen LogP contribution in [0.15, 0.2) is 30.3 Å². The Morgan fingerprint density at radius 2 is 1.91 bits per heavy atom. The first-order valence-corrected chi connectivity index (χ1v) is 3.79. The Morgan fingerprint density at radius 3 is 2.45 bits per heavy atom. The lowest BCUT2D eigenvalue weighted by Crippen LogP contribution is -2.33. The number of benzene rings is 1. The van der Waals surface area contributed by atoms with Crippen LogP contribution in [0, 0.1) is 0 Å². The van der Waals surface area contributed by atoms with Crippen LogP contribution in [-0.2, 0) is 6.54 Å². The van der Waals surface area contributed by atoms with Crippen LogP contribution in [0.25, 0.3) is 0 Å². The standard InChI is InChI=1S/C10H16N/c1-11(2,3)9-10-7-5-4-6-8-10/h4-8H,9H2,1-3H3/q+1/i1D. The minimum Gasteiger partial charge on any atom is -0.327 e. The molecule has 0 bridgehead atoms. The Balaban J connectivity index is 2.64. The van der Waals surface area contributed by atoms with Crippen molar-refractivity contribution in [2.45, 2.75) is 6.54 Å². The second-order valence-electron chi connectivity index (χ2n) is 3.58. The summed E-state index contributed by atoms with van der Waals surface area (Å²) in [6.07, 6.45) is 0. The third kappa shape index (κ3) is 3.19. The van der Waals surface area contributed by atoms with Gasteiger partial charge in [-0.2, -0.15) is 0 Å². The second kappa shape index (κ2) is 3.05. The molecule has 1 rings (SSSR count). The molecule has 1 nitrogen and oxygen atoms in total. The summed E-state index contributed by atoms with van der Waals surface area (Å²) in [6, 6.07) is 10.3. The van der Waals surface area contributed by atoms with Gasteiger partial charge in [0.2, 0.25) is 0 Å². The van der Waals surface area contributed by atoms with E-state index in [0.29, 0.717) is 7.02 Å². The van der Waals surface area contributed by atoms with Crippen molar-refractivity contribution in [1.29, 1.82) is 0 Å². The molecule has 0 aliphatic heterocycles. The van der Waals surface area contributed by atoms with Gasteiger partial charge in [-0.25, -0.2) is 0 Å². The monoisotopic (exact) mass is 151 g/mol. The number of hydrogen-bond donors (Lipinski definition) is 0. The molecule has 0 saturated heterocycles. The largest absolute Gasteiger partial charge is 0.327 e. The number of nitrogens with zero attached hydrogens (tertiary/aromatic N) is 1. The summed E-state index contributed by atoms with van der Waals surface area (Å²) in [5.41, 5.74) is 1.30. The minimum absolute atomic E-state index is 0.425. The van der Waals surface area contributed by atoms with Gasteiger partial charge in [0.05, 0.1) is 22.5 Å². The first-order valence-electron chi connectivity index (χ1n) is 4.50. The van der Waals surface area contributed by atoms with Gasteiger partial charge in [0.1, 0.15) is 6.54 Å². The molecule has 0 aromatic heterocycles. The fourth-order valence-corrected chi connectivity index (χ4v) is 1.08. The molecule has 1 aromatic rings. The first kappa shape index (κ1) is 6.86. The summed E-state index contributed by atoms with van der Waals surface area (Å²) in [6.45, 7) is 0.935. The lowest BCUT2D eigenvalue weighted by atomic mass is 10.2. The smallest absolute Gasteiger partial charge is 0.104 e. The number of hydrogen-bond acceptors (Lipinski definition) is 0. The maximum atomic E-state index is 7.33. The highest BCUT2D eigenvalue weighted by atomic mass is 15.3. The van der Waals surface area contributed by atoms with E-state index in [-0.39, 0.29) is 0 Å². The van der Waals surface area contributed by atoms with Gasteiger partial charge in [-0.05, 0) is 0 Å². The van der Waals surface area contributed by atoms with E-state index in [1.165, 1.54) is 5.56 Å². The summed E-state index contributed by atoms with van der Waals surface area (Å²) >= 11 is 0. The summed E-state index contributed by atoms with van der Waals surface area (Å²) in [4.78, 5) is 0. The van der Waals surface area contributed by atoms with E-state index in [1.54, 1.807) is 0 Å². The lowest BCUT2D eigenvalue weighted by molar-refractivity contribution is -0.884. The molecule has 0 spiro atoms. The fourth-order valence-electron chi connectivity index (χ4n) is 1.08. The Labute approximate surface area is 70.3 Å². The quantitative estimate of drug-likeness (QED) is 0.566. The van der Waals surface area contributed by atoms with Gasteiger partial charge < -0.3 is 4.48 Å². The fraction of sp³-hybridized carbons (Fsp3) is 0.400. The molecule has 60 valence electrons. The number of rotatable bonds is 2. The molecule has 0 amide bonds. The van der Waals surface area contributed by atoms with Crippen molar-refractivity contribution in [3.63, 3.8) is 0 Å². The van der Waals surface area contributed by atoms with Crippen LogP contribution >= 0.6 is 0 Å². The van der Waals surface area contributed by atoms with E-state index in [1.807, 2.05) is 18.2 Å². The summed E-state index contributed by atoms with van der Waals surface area (Å²) in [7, 11) is 4.56. The molecular formula is C10H16N+. The third-order valence-electron chi connectivity index (χ3n) is 1.45. The zero-order valence-corrected chi connectivity index (χ0v) is 7.25. The molecule has 0 aliphatic rings. The molecule has 0 unspecified atom stereocenters. The molecule has 0 fully saturated rings. The first-order chi connectivity index (χ1) is 5.64. The average molecular weight is 151 g/mol. The highest BCUT2D eigenvalue weighted by Gasteiger charge is 2.06. The molecule has 0 saturated carbocycles. The van der Waals surface area contributed by atoms with Crippen molar-refractivity contribution in [3.05, 3.63) is 35.9 Å². The van der Waals surface area contributed by atoms with Gasteiger partial charge in [-0.15, -0.1) is 0 Å². The normalized spacial score (nSPS) is 12.7. The topological polar surface area (TPSA) is 0 Å². The Morgan fingerprint density at radius 1 is 1.27 bits per heavy atom. The summed E-state index contributed by atoms with van der Waals surface area (Å²) in [5, 5.41) is 0.